The molecule has 2 aliphatic rings. The fourth-order valence-electron chi connectivity index (χ4n) is 3.05. The van der Waals surface area contributed by atoms with E-state index in [-0.39, 0.29) is 12.1 Å². The molecule has 0 aromatic heterocycles. The van der Waals surface area contributed by atoms with E-state index in [9.17, 15) is 14.7 Å². The molecule has 0 bridgehead atoms. The molecule has 2 fully saturated rings. The van der Waals surface area contributed by atoms with Crippen molar-refractivity contribution in [2.75, 3.05) is 26.2 Å². The highest BCUT2D eigenvalue weighted by Gasteiger charge is 2.35. The minimum Gasteiger partial charge on any atom is -0.480 e. The summed E-state index contributed by atoms with van der Waals surface area (Å²) in [5, 5.41) is 9.24. The zero-order valence-corrected chi connectivity index (χ0v) is 12.1. The van der Waals surface area contributed by atoms with Gasteiger partial charge < -0.3 is 19.6 Å². The van der Waals surface area contributed by atoms with Crippen LogP contribution in [0.1, 0.15) is 39.0 Å². The Kier molecular flexibility index (Phi) is 5.23. The zero-order valence-electron chi connectivity index (χ0n) is 12.1. The van der Waals surface area contributed by atoms with Gasteiger partial charge in [0.2, 0.25) is 0 Å². The first-order chi connectivity index (χ1) is 9.63. The van der Waals surface area contributed by atoms with E-state index in [1.165, 1.54) is 4.90 Å². The first-order valence-electron chi connectivity index (χ1n) is 7.53. The minimum absolute atomic E-state index is 0.118. The second-order valence-corrected chi connectivity index (χ2v) is 5.47. The smallest absolute Gasteiger partial charge is 0.326 e. The Labute approximate surface area is 119 Å². The Morgan fingerprint density at radius 2 is 1.85 bits per heavy atom. The van der Waals surface area contributed by atoms with Crippen molar-refractivity contribution in [3.05, 3.63) is 0 Å². The van der Waals surface area contributed by atoms with Crippen LogP contribution in [0.15, 0.2) is 0 Å². The molecule has 0 radical (unpaired) electrons. The maximum atomic E-state index is 12.5. The number of carboxylic acids is 1. The van der Waals surface area contributed by atoms with Gasteiger partial charge in [-0.1, -0.05) is 0 Å². The maximum absolute atomic E-state index is 12.5. The van der Waals surface area contributed by atoms with Crippen LogP contribution in [-0.4, -0.2) is 65.3 Å². The molecule has 2 aliphatic heterocycles. The van der Waals surface area contributed by atoms with Crippen LogP contribution in [0.4, 0.5) is 4.79 Å². The van der Waals surface area contributed by atoms with Crippen LogP contribution in [0.5, 0.6) is 0 Å². The number of carboxylic acid groups (broad SMARTS) is 1. The Hall–Kier alpha value is -1.30. The van der Waals surface area contributed by atoms with Gasteiger partial charge in [0.05, 0.1) is 6.10 Å². The van der Waals surface area contributed by atoms with Crippen LogP contribution in [-0.2, 0) is 9.53 Å². The number of carbonyl (C=O) groups excluding carboxylic acids is 1. The van der Waals surface area contributed by atoms with Gasteiger partial charge in [-0.25, -0.2) is 9.59 Å². The van der Waals surface area contributed by atoms with Crippen LogP contribution in [0, 0.1) is 0 Å². The Morgan fingerprint density at radius 1 is 1.15 bits per heavy atom. The lowest BCUT2D eigenvalue weighted by Gasteiger charge is -2.39. The highest BCUT2D eigenvalue weighted by atomic mass is 16.5. The Bertz CT molecular complexity index is 353. The minimum atomic E-state index is -0.887. The molecule has 114 valence electrons. The van der Waals surface area contributed by atoms with Crippen LogP contribution in [0.3, 0.4) is 0 Å². The second kappa shape index (κ2) is 6.92. The van der Waals surface area contributed by atoms with Gasteiger partial charge in [0.1, 0.15) is 6.04 Å². The normalized spacial score (nSPS) is 24.8. The number of likely N-dealkylation sites (tertiary alicyclic amines) is 2. The molecule has 1 unspecified atom stereocenters. The molecule has 0 aromatic rings. The summed E-state index contributed by atoms with van der Waals surface area (Å²) in [6, 6.07) is -0.770. The van der Waals surface area contributed by atoms with E-state index in [0.29, 0.717) is 32.7 Å². The Balaban J connectivity index is 1.92. The van der Waals surface area contributed by atoms with Gasteiger partial charge in [-0.3, -0.25) is 0 Å². The summed E-state index contributed by atoms with van der Waals surface area (Å²) in [5.74, 6) is -0.887. The van der Waals surface area contributed by atoms with Gasteiger partial charge in [-0.15, -0.1) is 0 Å². The predicted octanol–water partition coefficient (Wildman–Crippen LogP) is 1.55. The summed E-state index contributed by atoms with van der Waals surface area (Å²) in [4.78, 5) is 27.0. The molecule has 6 heteroatoms. The topological polar surface area (TPSA) is 70.1 Å². The standard InChI is InChI=1S/C14H24N2O4/c1-2-20-11-6-9-15(10-7-11)14(19)16-8-4-3-5-12(16)13(17)18/h11-12H,2-10H2,1H3,(H,17,18). The second-order valence-electron chi connectivity index (χ2n) is 5.47. The number of urea groups is 1. The van der Waals surface area contributed by atoms with Crippen molar-refractivity contribution in [3.63, 3.8) is 0 Å². The van der Waals surface area contributed by atoms with E-state index in [2.05, 4.69) is 0 Å². The van der Waals surface area contributed by atoms with Crippen molar-refractivity contribution < 1.29 is 19.4 Å². The first-order valence-corrected chi connectivity index (χ1v) is 7.53. The van der Waals surface area contributed by atoms with E-state index in [0.717, 1.165) is 25.7 Å². The molecule has 1 atom stereocenters. The van der Waals surface area contributed by atoms with Crippen molar-refractivity contribution >= 4 is 12.0 Å². The maximum Gasteiger partial charge on any atom is 0.326 e. The molecule has 6 nitrogen and oxygen atoms in total. The summed E-state index contributed by atoms with van der Waals surface area (Å²) in [6.07, 6.45) is 4.26. The SMILES string of the molecule is CCOC1CCN(C(=O)N2CCCCC2C(=O)O)CC1. The van der Waals surface area contributed by atoms with E-state index < -0.39 is 12.0 Å². The quantitative estimate of drug-likeness (QED) is 0.853. The lowest BCUT2D eigenvalue weighted by atomic mass is 10.0. The number of hydrogen-bond acceptors (Lipinski definition) is 3. The number of hydrogen-bond donors (Lipinski definition) is 1. The number of aliphatic carboxylic acids is 1. The molecule has 0 spiro atoms. The van der Waals surface area contributed by atoms with Crippen LogP contribution in [0.25, 0.3) is 0 Å². The highest BCUT2D eigenvalue weighted by molar-refractivity contribution is 5.83. The van der Waals surface area contributed by atoms with Gasteiger partial charge in [0.25, 0.3) is 0 Å². The summed E-state index contributed by atoms with van der Waals surface area (Å²) in [7, 11) is 0. The van der Waals surface area contributed by atoms with E-state index in [1.807, 2.05) is 6.92 Å². The molecule has 2 amide bonds. The monoisotopic (exact) mass is 284 g/mol. The number of rotatable bonds is 3. The third kappa shape index (κ3) is 3.42. The van der Waals surface area contributed by atoms with Gasteiger partial charge in [0, 0.05) is 26.2 Å². The van der Waals surface area contributed by atoms with Gasteiger partial charge in [-0.05, 0) is 39.0 Å². The van der Waals surface area contributed by atoms with Crippen LogP contribution in [0.2, 0.25) is 0 Å². The number of carbonyl (C=O) groups is 2. The molecule has 1 N–H and O–H groups in total. The number of piperidine rings is 2. The first kappa shape index (κ1) is 15.1. The number of ether oxygens (including phenoxy) is 1. The lowest BCUT2D eigenvalue weighted by Crippen LogP contribution is -2.55. The average Bonchev–Trinajstić information content (AvgIpc) is 2.47. The molecule has 0 saturated carbocycles. The van der Waals surface area contributed by atoms with Crippen molar-refractivity contribution in [3.8, 4) is 0 Å². The number of amides is 2. The van der Waals surface area contributed by atoms with Gasteiger partial charge in [-0.2, -0.15) is 0 Å². The highest BCUT2D eigenvalue weighted by Crippen LogP contribution is 2.21. The van der Waals surface area contributed by atoms with E-state index in [4.69, 9.17) is 4.74 Å². The zero-order chi connectivity index (χ0) is 14.5. The largest absolute Gasteiger partial charge is 0.480 e. The molecule has 0 aromatic carbocycles. The summed E-state index contributed by atoms with van der Waals surface area (Å²) in [5.41, 5.74) is 0. The third-order valence-corrected chi connectivity index (χ3v) is 4.15. The van der Waals surface area contributed by atoms with Crippen molar-refractivity contribution in [1.82, 2.24) is 9.80 Å². The van der Waals surface area contributed by atoms with Gasteiger partial charge >= 0.3 is 12.0 Å². The summed E-state index contributed by atoms with van der Waals surface area (Å²) in [6.45, 7) is 4.55. The molecule has 0 aliphatic carbocycles. The molecule has 20 heavy (non-hydrogen) atoms. The van der Waals surface area contributed by atoms with E-state index in [1.54, 1.807) is 4.90 Å². The number of nitrogens with zero attached hydrogens (tertiary/aromatic N) is 2. The average molecular weight is 284 g/mol. The molecular formula is C14H24N2O4. The van der Waals surface area contributed by atoms with Gasteiger partial charge in [0.15, 0.2) is 0 Å². The summed E-state index contributed by atoms with van der Waals surface area (Å²) >= 11 is 0. The van der Waals surface area contributed by atoms with Crippen molar-refractivity contribution in [2.45, 2.75) is 51.2 Å². The molecule has 2 saturated heterocycles. The van der Waals surface area contributed by atoms with Crippen LogP contribution >= 0.6 is 0 Å². The third-order valence-electron chi connectivity index (χ3n) is 4.15. The molecule has 2 heterocycles. The fourth-order valence-corrected chi connectivity index (χ4v) is 3.05. The van der Waals surface area contributed by atoms with Crippen molar-refractivity contribution in [2.24, 2.45) is 0 Å². The summed E-state index contributed by atoms with van der Waals surface area (Å²) < 4.78 is 5.57. The predicted molar refractivity (Wildman–Crippen MR) is 73.6 cm³/mol. The van der Waals surface area contributed by atoms with Crippen LogP contribution < -0.4 is 0 Å². The van der Waals surface area contributed by atoms with E-state index >= 15 is 0 Å². The Morgan fingerprint density at radius 3 is 2.45 bits per heavy atom. The molecular weight excluding hydrogens is 260 g/mol. The fraction of sp³-hybridized carbons (Fsp3) is 0.857. The molecule has 2 rings (SSSR count). The van der Waals surface area contributed by atoms with Crippen molar-refractivity contribution in [1.29, 1.82) is 0 Å². The lowest BCUT2D eigenvalue weighted by molar-refractivity contribution is -0.143.